The number of pyridine rings is 2. The average Bonchev–Trinajstić information content (AvgIpc) is 3.14. The minimum atomic E-state index is -0.0189. The van der Waals surface area contributed by atoms with E-state index in [1.807, 2.05) is 17.0 Å². The van der Waals surface area contributed by atoms with Crippen LogP contribution in [-0.2, 0) is 11.3 Å². The fourth-order valence-electron chi connectivity index (χ4n) is 2.82. The minimum Gasteiger partial charge on any atom is -0.482 e. The van der Waals surface area contributed by atoms with Gasteiger partial charge in [0.15, 0.2) is 6.61 Å². The molecule has 2 aromatic heterocycles. The predicted octanol–water partition coefficient (Wildman–Crippen LogP) is 1.49. The summed E-state index contributed by atoms with van der Waals surface area (Å²) < 4.78 is 5.57. The molecule has 0 saturated carbocycles. The summed E-state index contributed by atoms with van der Waals surface area (Å²) in [6.07, 6.45) is 7.92. The minimum absolute atomic E-state index is 0.0189. The lowest BCUT2D eigenvalue weighted by Gasteiger charge is -2.25. The van der Waals surface area contributed by atoms with Crippen LogP contribution < -0.4 is 10.1 Å². The van der Waals surface area contributed by atoms with Gasteiger partial charge in [-0.1, -0.05) is 6.07 Å². The third-order valence-electron chi connectivity index (χ3n) is 4.09. The summed E-state index contributed by atoms with van der Waals surface area (Å²) in [7, 11) is 0. The molecule has 0 unspecified atom stereocenters. The van der Waals surface area contributed by atoms with Gasteiger partial charge in [0.25, 0.3) is 5.91 Å². The van der Waals surface area contributed by atoms with E-state index < -0.39 is 0 Å². The van der Waals surface area contributed by atoms with Gasteiger partial charge >= 0.3 is 0 Å². The summed E-state index contributed by atoms with van der Waals surface area (Å²) in [6.45, 7) is 3.29. The molecule has 3 heterocycles. The topological polar surface area (TPSA) is 67.3 Å². The number of nitrogens with zero attached hydrogens (tertiary/aromatic N) is 3. The normalized spacial score (nSPS) is 16.8. The lowest BCUT2D eigenvalue weighted by atomic mass is 10.1. The Labute approximate surface area is 141 Å². The van der Waals surface area contributed by atoms with E-state index in [0.29, 0.717) is 18.2 Å². The Morgan fingerprint density at radius 3 is 2.75 bits per heavy atom. The molecule has 1 aliphatic rings. The maximum Gasteiger partial charge on any atom is 0.260 e. The second-order valence-corrected chi connectivity index (χ2v) is 5.97. The summed E-state index contributed by atoms with van der Waals surface area (Å²) in [5.41, 5.74) is 1.03. The summed E-state index contributed by atoms with van der Waals surface area (Å²) in [4.78, 5) is 22.6. The third-order valence-corrected chi connectivity index (χ3v) is 4.09. The van der Waals surface area contributed by atoms with Gasteiger partial charge in [-0.3, -0.25) is 14.8 Å². The molecule has 126 valence electrons. The highest BCUT2D eigenvalue weighted by atomic mass is 16.5. The molecular weight excluding hydrogens is 304 g/mol. The van der Waals surface area contributed by atoms with Crippen LogP contribution in [0.15, 0.2) is 49.1 Å². The first-order valence-corrected chi connectivity index (χ1v) is 8.21. The fraction of sp³-hybridized carbons (Fsp3) is 0.389. The Hall–Kier alpha value is -2.47. The standard InChI is InChI=1S/C18H22N4O2/c23-18(14-24-17-4-2-7-20-11-17)22(13-16-5-8-21-10-16)12-15-3-1-6-19-9-15/h1-4,6-7,9,11,16,21H,5,8,10,12-14H2/t16-/m1/s1. The molecule has 1 amide bonds. The van der Waals surface area contributed by atoms with Gasteiger partial charge in [-0.15, -0.1) is 0 Å². The number of hydrogen-bond donors (Lipinski definition) is 1. The molecule has 6 nitrogen and oxygen atoms in total. The molecule has 1 saturated heterocycles. The number of hydrogen-bond acceptors (Lipinski definition) is 5. The number of amides is 1. The van der Waals surface area contributed by atoms with Crippen molar-refractivity contribution in [1.29, 1.82) is 0 Å². The molecular formula is C18H22N4O2. The number of carbonyl (C=O) groups is 1. The molecule has 0 radical (unpaired) electrons. The van der Waals surface area contributed by atoms with Gasteiger partial charge in [0.05, 0.1) is 6.20 Å². The van der Waals surface area contributed by atoms with Crippen LogP contribution in [0.3, 0.4) is 0 Å². The quantitative estimate of drug-likeness (QED) is 0.835. The van der Waals surface area contributed by atoms with E-state index in [0.717, 1.165) is 31.6 Å². The maximum atomic E-state index is 12.6. The van der Waals surface area contributed by atoms with Crippen LogP contribution >= 0.6 is 0 Å². The average molecular weight is 326 g/mol. The number of rotatable bonds is 7. The monoisotopic (exact) mass is 326 g/mol. The number of nitrogens with one attached hydrogen (secondary N) is 1. The van der Waals surface area contributed by atoms with Crippen LogP contribution in [0.25, 0.3) is 0 Å². The van der Waals surface area contributed by atoms with E-state index in [1.54, 1.807) is 36.9 Å². The van der Waals surface area contributed by atoms with Gasteiger partial charge in [-0.05, 0) is 49.2 Å². The van der Waals surface area contributed by atoms with Crippen molar-refractivity contribution in [3.63, 3.8) is 0 Å². The van der Waals surface area contributed by atoms with Crippen molar-refractivity contribution >= 4 is 5.91 Å². The predicted molar refractivity (Wildman–Crippen MR) is 90.4 cm³/mol. The lowest BCUT2D eigenvalue weighted by Crippen LogP contribution is -2.38. The molecule has 3 rings (SSSR count). The maximum absolute atomic E-state index is 12.6. The zero-order valence-corrected chi connectivity index (χ0v) is 13.6. The molecule has 1 fully saturated rings. The molecule has 1 atom stereocenters. The Bertz CT molecular complexity index is 630. The first-order valence-electron chi connectivity index (χ1n) is 8.21. The van der Waals surface area contributed by atoms with Crippen molar-refractivity contribution in [2.24, 2.45) is 5.92 Å². The molecule has 6 heteroatoms. The Morgan fingerprint density at radius 1 is 1.25 bits per heavy atom. The Balaban J connectivity index is 1.62. The van der Waals surface area contributed by atoms with Gasteiger partial charge in [0.1, 0.15) is 5.75 Å². The van der Waals surface area contributed by atoms with Gasteiger partial charge in [-0.2, -0.15) is 0 Å². The van der Waals surface area contributed by atoms with Crippen molar-refractivity contribution in [2.75, 3.05) is 26.2 Å². The summed E-state index contributed by atoms with van der Waals surface area (Å²) >= 11 is 0. The largest absolute Gasteiger partial charge is 0.482 e. The van der Waals surface area contributed by atoms with Crippen LogP contribution in [0, 0.1) is 5.92 Å². The number of ether oxygens (including phenoxy) is 1. The second-order valence-electron chi connectivity index (χ2n) is 5.97. The summed E-state index contributed by atoms with van der Waals surface area (Å²) in [5, 5.41) is 3.35. The molecule has 24 heavy (non-hydrogen) atoms. The summed E-state index contributed by atoms with van der Waals surface area (Å²) in [5.74, 6) is 1.08. The highest BCUT2D eigenvalue weighted by Crippen LogP contribution is 2.14. The van der Waals surface area contributed by atoms with Gasteiger partial charge in [0.2, 0.25) is 0 Å². The zero-order chi connectivity index (χ0) is 16.6. The molecule has 1 aliphatic heterocycles. The van der Waals surface area contributed by atoms with Crippen LogP contribution in [0.4, 0.5) is 0 Å². The fourth-order valence-corrected chi connectivity index (χ4v) is 2.82. The van der Waals surface area contributed by atoms with E-state index in [-0.39, 0.29) is 12.5 Å². The van der Waals surface area contributed by atoms with Crippen molar-refractivity contribution in [3.05, 3.63) is 54.6 Å². The summed E-state index contributed by atoms with van der Waals surface area (Å²) in [6, 6.07) is 7.47. The van der Waals surface area contributed by atoms with Gasteiger partial charge in [0, 0.05) is 31.7 Å². The highest BCUT2D eigenvalue weighted by Gasteiger charge is 2.22. The van der Waals surface area contributed by atoms with E-state index in [1.165, 1.54) is 0 Å². The zero-order valence-electron chi connectivity index (χ0n) is 13.6. The van der Waals surface area contributed by atoms with Crippen molar-refractivity contribution in [2.45, 2.75) is 13.0 Å². The van der Waals surface area contributed by atoms with Crippen molar-refractivity contribution in [3.8, 4) is 5.75 Å². The van der Waals surface area contributed by atoms with E-state index in [4.69, 9.17) is 4.74 Å². The van der Waals surface area contributed by atoms with Gasteiger partial charge < -0.3 is 15.0 Å². The first kappa shape index (κ1) is 16.4. The first-order chi connectivity index (χ1) is 11.8. The van der Waals surface area contributed by atoms with Crippen LogP contribution in [0.1, 0.15) is 12.0 Å². The molecule has 0 aromatic carbocycles. The Kier molecular flexibility index (Phi) is 5.74. The Morgan fingerprint density at radius 2 is 2.08 bits per heavy atom. The smallest absolute Gasteiger partial charge is 0.260 e. The molecule has 0 spiro atoms. The van der Waals surface area contributed by atoms with E-state index in [9.17, 15) is 4.79 Å². The van der Waals surface area contributed by atoms with Crippen LogP contribution in [-0.4, -0.2) is 47.0 Å². The van der Waals surface area contributed by atoms with E-state index in [2.05, 4.69) is 15.3 Å². The molecule has 0 aliphatic carbocycles. The molecule has 0 bridgehead atoms. The van der Waals surface area contributed by atoms with Crippen molar-refractivity contribution < 1.29 is 9.53 Å². The van der Waals surface area contributed by atoms with Gasteiger partial charge in [-0.25, -0.2) is 0 Å². The third kappa shape index (κ3) is 4.76. The molecule has 1 N–H and O–H groups in total. The van der Waals surface area contributed by atoms with Crippen molar-refractivity contribution in [1.82, 2.24) is 20.2 Å². The number of carbonyl (C=O) groups excluding carboxylic acids is 1. The van der Waals surface area contributed by atoms with E-state index >= 15 is 0 Å². The lowest BCUT2D eigenvalue weighted by molar-refractivity contribution is -0.134. The highest BCUT2D eigenvalue weighted by molar-refractivity contribution is 5.77. The van der Waals surface area contributed by atoms with Crippen LogP contribution in [0.2, 0.25) is 0 Å². The SMILES string of the molecule is O=C(COc1cccnc1)N(Cc1cccnc1)C[C@@H]1CCNC1. The number of aromatic nitrogens is 2. The van der Waals surface area contributed by atoms with Crippen LogP contribution in [0.5, 0.6) is 5.75 Å². The second kappa shape index (κ2) is 8.40. The molecule has 2 aromatic rings.